The summed E-state index contributed by atoms with van der Waals surface area (Å²) >= 11 is 0. The lowest BCUT2D eigenvalue weighted by Gasteiger charge is -2.26. The minimum Gasteiger partial charge on any atom is -0.379 e. The first-order valence-corrected chi connectivity index (χ1v) is 11.1. The van der Waals surface area contributed by atoms with Crippen molar-refractivity contribution in [3.63, 3.8) is 0 Å². The van der Waals surface area contributed by atoms with Crippen LogP contribution in [0.4, 0.5) is 5.69 Å². The lowest BCUT2D eigenvalue weighted by molar-refractivity contribution is -0.121. The van der Waals surface area contributed by atoms with Gasteiger partial charge in [0.2, 0.25) is 5.91 Å². The second kappa shape index (κ2) is 8.06. The van der Waals surface area contributed by atoms with E-state index in [-0.39, 0.29) is 5.91 Å². The molecule has 0 unspecified atom stereocenters. The summed E-state index contributed by atoms with van der Waals surface area (Å²) in [7, 11) is -3.54. The first-order chi connectivity index (χ1) is 13.6. The monoisotopic (exact) mass is 403 g/mol. The summed E-state index contributed by atoms with van der Waals surface area (Å²) in [5.41, 5.74) is 0.709. The van der Waals surface area contributed by atoms with Crippen LogP contribution in [0.5, 0.6) is 0 Å². The van der Waals surface area contributed by atoms with Crippen molar-refractivity contribution < 1.29 is 17.9 Å². The highest BCUT2D eigenvalue weighted by atomic mass is 32.2. The Balaban J connectivity index is 1.30. The molecule has 2 aliphatic heterocycles. The van der Waals surface area contributed by atoms with E-state index in [4.69, 9.17) is 4.74 Å². The van der Waals surface area contributed by atoms with Crippen molar-refractivity contribution >= 4 is 32.4 Å². The van der Waals surface area contributed by atoms with E-state index in [1.165, 1.54) is 4.31 Å². The SMILES string of the molecule is O=C(CCCN1c2cccc3cccc(c23)S1(=O)=O)NCCN1CCOCC1. The number of carbonyl (C=O) groups is 1. The number of hydrogen-bond donors (Lipinski definition) is 1. The van der Waals surface area contributed by atoms with Crippen molar-refractivity contribution in [2.75, 3.05) is 50.2 Å². The van der Waals surface area contributed by atoms with Crippen LogP contribution in [0.1, 0.15) is 12.8 Å². The van der Waals surface area contributed by atoms with Crippen LogP contribution >= 0.6 is 0 Å². The molecule has 4 rings (SSSR count). The Kier molecular flexibility index (Phi) is 5.52. The Bertz CT molecular complexity index is 965. The summed E-state index contributed by atoms with van der Waals surface area (Å²) < 4.78 is 32.5. The number of anilines is 1. The summed E-state index contributed by atoms with van der Waals surface area (Å²) in [5, 5.41) is 4.62. The van der Waals surface area contributed by atoms with Crippen molar-refractivity contribution in [3.05, 3.63) is 36.4 Å². The molecule has 2 aromatic carbocycles. The quantitative estimate of drug-likeness (QED) is 0.759. The molecular weight excluding hydrogens is 378 g/mol. The van der Waals surface area contributed by atoms with E-state index in [2.05, 4.69) is 10.2 Å². The maximum atomic E-state index is 12.9. The van der Waals surface area contributed by atoms with Gasteiger partial charge in [-0.3, -0.25) is 14.0 Å². The minimum atomic E-state index is -3.54. The average Bonchev–Trinajstić information content (AvgIpc) is 2.92. The lowest BCUT2D eigenvalue weighted by Crippen LogP contribution is -2.41. The van der Waals surface area contributed by atoms with E-state index < -0.39 is 10.0 Å². The first kappa shape index (κ1) is 19.2. The summed E-state index contributed by atoms with van der Waals surface area (Å²) in [6, 6.07) is 11.0. The number of benzene rings is 2. The second-order valence-corrected chi connectivity index (χ2v) is 8.95. The van der Waals surface area contributed by atoms with Gasteiger partial charge in [-0.05, 0) is 23.9 Å². The van der Waals surface area contributed by atoms with E-state index in [9.17, 15) is 13.2 Å². The molecule has 2 aliphatic rings. The highest BCUT2D eigenvalue weighted by Crippen LogP contribution is 2.41. The van der Waals surface area contributed by atoms with Gasteiger partial charge in [0.15, 0.2) is 0 Å². The van der Waals surface area contributed by atoms with Crippen LogP contribution in [-0.4, -0.2) is 65.2 Å². The molecule has 1 fully saturated rings. The fourth-order valence-corrected chi connectivity index (χ4v) is 5.60. The van der Waals surface area contributed by atoms with Gasteiger partial charge in [-0.15, -0.1) is 0 Å². The molecule has 0 aromatic heterocycles. The fourth-order valence-electron chi connectivity index (χ4n) is 3.85. The van der Waals surface area contributed by atoms with E-state index in [0.29, 0.717) is 36.5 Å². The third-order valence-corrected chi connectivity index (χ3v) is 7.16. The molecular formula is C20H25N3O4S. The average molecular weight is 404 g/mol. The van der Waals surface area contributed by atoms with E-state index in [1.54, 1.807) is 12.1 Å². The topological polar surface area (TPSA) is 79.0 Å². The lowest BCUT2D eigenvalue weighted by atomic mass is 10.1. The van der Waals surface area contributed by atoms with Gasteiger partial charge in [-0.2, -0.15) is 0 Å². The number of carbonyl (C=O) groups excluding carboxylic acids is 1. The maximum Gasteiger partial charge on any atom is 0.265 e. The van der Waals surface area contributed by atoms with Crippen LogP contribution in [0, 0.1) is 0 Å². The molecule has 150 valence electrons. The summed E-state index contributed by atoms with van der Waals surface area (Å²) in [5.74, 6) is -0.0411. The molecule has 0 saturated carbocycles. The standard InChI is InChI=1S/C20H25N3O4S/c24-19(21-9-11-22-12-14-27-15-13-22)8-3-10-23-17-6-1-4-16-5-2-7-18(20(16)17)28(23,25)26/h1-2,4-7H,3,8-15H2,(H,21,24). The Hall–Kier alpha value is -2.16. The van der Waals surface area contributed by atoms with Crippen LogP contribution in [0.15, 0.2) is 41.3 Å². The number of hydrogen-bond acceptors (Lipinski definition) is 5. The van der Waals surface area contributed by atoms with Crippen LogP contribution in [-0.2, 0) is 19.6 Å². The zero-order valence-corrected chi connectivity index (χ0v) is 16.6. The Labute approximate surface area is 165 Å². The van der Waals surface area contributed by atoms with Gasteiger partial charge in [-0.1, -0.05) is 24.3 Å². The Morgan fingerprint density at radius 3 is 2.61 bits per heavy atom. The molecule has 8 heteroatoms. The number of ether oxygens (including phenoxy) is 1. The maximum absolute atomic E-state index is 12.9. The highest BCUT2D eigenvalue weighted by molar-refractivity contribution is 7.93. The third-order valence-electron chi connectivity index (χ3n) is 5.30. The van der Waals surface area contributed by atoms with E-state index in [1.807, 2.05) is 24.3 Å². The van der Waals surface area contributed by atoms with Crippen molar-refractivity contribution in [2.45, 2.75) is 17.7 Å². The van der Waals surface area contributed by atoms with Gasteiger partial charge >= 0.3 is 0 Å². The molecule has 2 aromatic rings. The van der Waals surface area contributed by atoms with Crippen LogP contribution in [0.2, 0.25) is 0 Å². The molecule has 0 spiro atoms. The smallest absolute Gasteiger partial charge is 0.265 e. The van der Waals surface area contributed by atoms with Crippen LogP contribution in [0.3, 0.4) is 0 Å². The molecule has 0 bridgehead atoms. The molecule has 28 heavy (non-hydrogen) atoms. The van der Waals surface area contributed by atoms with Crippen molar-refractivity contribution in [1.82, 2.24) is 10.2 Å². The van der Waals surface area contributed by atoms with Crippen LogP contribution in [0.25, 0.3) is 10.8 Å². The predicted molar refractivity (Wildman–Crippen MR) is 108 cm³/mol. The van der Waals surface area contributed by atoms with E-state index >= 15 is 0 Å². The molecule has 0 atom stereocenters. The summed E-state index contributed by atoms with van der Waals surface area (Å²) in [6.07, 6.45) is 0.786. The van der Waals surface area contributed by atoms with Gasteiger partial charge in [0.25, 0.3) is 10.0 Å². The number of nitrogens with zero attached hydrogens (tertiary/aromatic N) is 2. The molecule has 1 N–H and O–H groups in total. The predicted octanol–water partition coefficient (Wildman–Crippen LogP) is 1.58. The molecule has 2 heterocycles. The normalized spacial score (nSPS) is 18.5. The molecule has 1 amide bonds. The summed E-state index contributed by atoms with van der Waals surface area (Å²) in [6.45, 7) is 5.00. The number of nitrogens with one attached hydrogen (secondary N) is 1. The zero-order valence-electron chi connectivity index (χ0n) is 15.8. The number of sulfonamides is 1. The summed E-state index contributed by atoms with van der Waals surface area (Å²) in [4.78, 5) is 14.7. The number of amides is 1. The van der Waals surface area contributed by atoms with Crippen molar-refractivity contribution in [1.29, 1.82) is 0 Å². The van der Waals surface area contributed by atoms with Crippen molar-refractivity contribution in [3.8, 4) is 0 Å². The van der Waals surface area contributed by atoms with E-state index in [0.717, 1.165) is 43.6 Å². The molecule has 1 saturated heterocycles. The van der Waals surface area contributed by atoms with Crippen molar-refractivity contribution in [2.24, 2.45) is 0 Å². The van der Waals surface area contributed by atoms with Crippen LogP contribution < -0.4 is 9.62 Å². The minimum absolute atomic E-state index is 0.0411. The number of morpholine rings is 1. The Morgan fingerprint density at radius 2 is 1.82 bits per heavy atom. The molecule has 0 radical (unpaired) electrons. The Morgan fingerprint density at radius 1 is 1.07 bits per heavy atom. The third kappa shape index (κ3) is 3.72. The number of rotatable bonds is 7. The first-order valence-electron chi connectivity index (χ1n) is 9.69. The molecule has 0 aliphatic carbocycles. The largest absolute Gasteiger partial charge is 0.379 e. The zero-order chi connectivity index (χ0) is 19.6. The van der Waals surface area contributed by atoms with Gasteiger partial charge in [-0.25, -0.2) is 8.42 Å². The van der Waals surface area contributed by atoms with Gasteiger partial charge in [0, 0.05) is 44.5 Å². The van der Waals surface area contributed by atoms with Gasteiger partial charge in [0.1, 0.15) is 0 Å². The fraction of sp³-hybridized carbons (Fsp3) is 0.450. The van der Waals surface area contributed by atoms with Gasteiger partial charge in [0.05, 0.1) is 23.8 Å². The molecule has 7 nitrogen and oxygen atoms in total. The highest BCUT2D eigenvalue weighted by Gasteiger charge is 2.34. The van der Waals surface area contributed by atoms with Gasteiger partial charge < -0.3 is 10.1 Å². The second-order valence-electron chi connectivity index (χ2n) is 7.12.